The molecule has 1 aliphatic carbocycles. The van der Waals surface area contributed by atoms with Gasteiger partial charge in [-0.3, -0.25) is 4.90 Å². The summed E-state index contributed by atoms with van der Waals surface area (Å²) < 4.78 is 0. The molecular weight excluding hydrogens is 258 g/mol. The SMILES string of the molecule is CC(C)C1CCN(C2CCCCCCCCCCC2O)C1. The Balaban J connectivity index is 1.89. The van der Waals surface area contributed by atoms with Gasteiger partial charge in [0.25, 0.3) is 0 Å². The van der Waals surface area contributed by atoms with E-state index < -0.39 is 0 Å². The zero-order valence-electron chi connectivity index (χ0n) is 14.4. The van der Waals surface area contributed by atoms with Gasteiger partial charge in [0.2, 0.25) is 0 Å². The van der Waals surface area contributed by atoms with Crippen LogP contribution in [-0.4, -0.2) is 35.2 Å². The van der Waals surface area contributed by atoms with Crippen molar-refractivity contribution < 1.29 is 5.11 Å². The lowest BCUT2D eigenvalue weighted by molar-refractivity contribution is 0.0444. The van der Waals surface area contributed by atoms with Crippen molar-refractivity contribution in [1.82, 2.24) is 4.90 Å². The van der Waals surface area contributed by atoms with E-state index in [4.69, 9.17) is 0 Å². The summed E-state index contributed by atoms with van der Waals surface area (Å²) in [6.45, 7) is 7.14. The molecule has 1 saturated heterocycles. The maximum atomic E-state index is 10.7. The van der Waals surface area contributed by atoms with E-state index in [-0.39, 0.29) is 6.10 Å². The molecule has 3 atom stereocenters. The summed E-state index contributed by atoms with van der Waals surface area (Å²) in [5.41, 5.74) is 0. The van der Waals surface area contributed by atoms with E-state index in [1.54, 1.807) is 0 Å². The van der Waals surface area contributed by atoms with Crippen LogP contribution >= 0.6 is 0 Å². The minimum Gasteiger partial charge on any atom is -0.391 e. The predicted molar refractivity (Wildman–Crippen MR) is 90.5 cm³/mol. The highest BCUT2D eigenvalue weighted by Crippen LogP contribution is 2.29. The molecule has 2 aliphatic rings. The zero-order valence-corrected chi connectivity index (χ0v) is 14.4. The molecule has 1 saturated carbocycles. The number of nitrogens with zero attached hydrogens (tertiary/aromatic N) is 1. The fraction of sp³-hybridized carbons (Fsp3) is 1.00. The summed E-state index contributed by atoms with van der Waals surface area (Å²) in [7, 11) is 0. The van der Waals surface area contributed by atoms with Crippen molar-refractivity contribution in [3.63, 3.8) is 0 Å². The Labute approximate surface area is 132 Å². The van der Waals surface area contributed by atoms with E-state index in [9.17, 15) is 5.11 Å². The highest BCUT2D eigenvalue weighted by Gasteiger charge is 2.32. The Morgan fingerprint density at radius 1 is 0.810 bits per heavy atom. The fourth-order valence-corrected chi connectivity index (χ4v) is 4.24. The topological polar surface area (TPSA) is 23.5 Å². The number of aliphatic hydroxyl groups excluding tert-OH is 1. The molecule has 0 amide bonds. The van der Waals surface area contributed by atoms with E-state index in [0.717, 1.165) is 18.3 Å². The first-order chi connectivity index (χ1) is 10.2. The molecule has 2 fully saturated rings. The van der Waals surface area contributed by atoms with Crippen LogP contribution in [0, 0.1) is 11.8 Å². The van der Waals surface area contributed by atoms with Gasteiger partial charge in [0.15, 0.2) is 0 Å². The van der Waals surface area contributed by atoms with Crippen molar-refractivity contribution >= 4 is 0 Å². The normalized spacial score (nSPS) is 34.6. The number of aliphatic hydroxyl groups is 1. The molecule has 0 aromatic carbocycles. The van der Waals surface area contributed by atoms with Crippen LogP contribution < -0.4 is 0 Å². The molecular formula is C19H37NO. The Morgan fingerprint density at radius 2 is 1.38 bits per heavy atom. The first-order valence-corrected chi connectivity index (χ1v) is 9.60. The molecule has 0 aromatic rings. The maximum Gasteiger partial charge on any atom is 0.0695 e. The van der Waals surface area contributed by atoms with Gasteiger partial charge >= 0.3 is 0 Å². The van der Waals surface area contributed by atoms with Gasteiger partial charge in [0.1, 0.15) is 0 Å². The van der Waals surface area contributed by atoms with Gasteiger partial charge in [-0.1, -0.05) is 65.2 Å². The van der Waals surface area contributed by atoms with Crippen molar-refractivity contribution in [2.75, 3.05) is 13.1 Å². The number of hydrogen-bond donors (Lipinski definition) is 1. The van der Waals surface area contributed by atoms with Gasteiger partial charge in [-0.2, -0.15) is 0 Å². The third-order valence-corrected chi connectivity index (χ3v) is 5.86. The van der Waals surface area contributed by atoms with Crippen LogP contribution in [-0.2, 0) is 0 Å². The summed E-state index contributed by atoms with van der Waals surface area (Å²) in [5, 5.41) is 10.7. The van der Waals surface area contributed by atoms with Crippen LogP contribution in [0.4, 0.5) is 0 Å². The van der Waals surface area contributed by atoms with Gasteiger partial charge in [-0.05, 0) is 37.6 Å². The van der Waals surface area contributed by atoms with Crippen LogP contribution in [0.2, 0.25) is 0 Å². The monoisotopic (exact) mass is 295 g/mol. The van der Waals surface area contributed by atoms with Crippen molar-refractivity contribution in [1.29, 1.82) is 0 Å². The Kier molecular flexibility index (Phi) is 7.53. The minimum absolute atomic E-state index is 0.0876. The summed E-state index contributed by atoms with van der Waals surface area (Å²) in [5.74, 6) is 1.64. The van der Waals surface area contributed by atoms with Crippen LogP contribution in [0.25, 0.3) is 0 Å². The Bertz CT molecular complexity index is 279. The Morgan fingerprint density at radius 3 is 1.95 bits per heavy atom. The molecule has 2 heteroatoms. The van der Waals surface area contributed by atoms with E-state index in [1.807, 2.05) is 0 Å². The molecule has 1 heterocycles. The first kappa shape index (κ1) is 17.3. The second-order valence-corrected chi connectivity index (χ2v) is 7.83. The standard InChI is InChI=1S/C19H37NO/c1-16(2)17-13-14-20(15-17)18-11-9-7-5-3-4-6-8-10-12-19(18)21/h16-19,21H,3-15H2,1-2H3. The van der Waals surface area contributed by atoms with Gasteiger partial charge in [0, 0.05) is 12.6 Å². The van der Waals surface area contributed by atoms with E-state index in [1.165, 1.54) is 77.3 Å². The van der Waals surface area contributed by atoms with Crippen molar-refractivity contribution in [3.05, 3.63) is 0 Å². The van der Waals surface area contributed by atoms with Gasteiger partial charge < -0.3 is 5.11 Å². The molecule has 3 unspecified atom stereocenters. The minimum atomic E-state index is -0.0876. The summed E-state index contributed by atoms with van der Waals surface area (Å²) in [4.78, 5) is 2.63. The average Bonchev–Trinajstić information content (AvgIpc) is 2.92. The van der Waals surface area contributed by atoms with Gasteiger partial charge in [0.05, 0.1) is 6.10 Å². The second-order valence-electron chi connectivity index (χ2n) is 7.83. The lowest BCUT2D eigenvalue weighted by Gasteiger charge is -2.33. The molecule has 0 bridgehead atoms. The zero-order chi connectivity index (χ0) is 15.1. The van der Waals surface area contributed by atoms with E-state index in [0.29, 0.717) is 6.04 Å². The quantitative estimate of drug-likeness (QED) is 0.804. The third-order valence-electron chi connectivity index (χ3n) is 5.86. The smallest absolute Gasteiger partial charge is 0.0695 e. The molecule has 0 radical (unpaired) electrons. The molecule has 0 spiro atoms. The molecule has 2 rings (SSSR count). The molecule has 124 valence electrons. The van der Waals surface area contributed by atoms with Crippen molar-refractivity contribution in [3.8, 4) is 0 Å². The van der Waals surface area contributed by atoms with Crippen molar-refractivity contribution in [2.24, 2.45) is 11.8 Å². The summed E-state index contributed by atoms with van der Waals surface area (Å²) in [6.07, 6.45) is 14.3. The lowest BCUT2D eigenvalue weighted by atomic mass is 9.94. The Hall–Kier alpha value is -0.0800. The highest BCUT2D eigenvalue weighted by atomic mass is 16.3. The van der Waals surface area contributed by atoms with Gasteiger partial charge in [-0.25, -0.2) is 0 Å². The number of hydrogen-bond acceptors (Lipinski definition) is 2. The maximum absolute atomic E-state index is 10.7. The van der Waals surface area contributed by atoms with E-state index >= 15 is 0 Å². The molecule has 1 aliphatic heterocycles. The highest BCUT2D eigenvalue weighted by molar-refractivity contribution is 4.86. The largest absolute Gasteiger partial charge is 0.391 e. The third kappa shape index (κ3) is 5.56. The van der Waals surface area contributed by atoms with Crippen molar-refractivity contribution in [2.45, 2.75) is 96.6 Å². The second kappa shape index (κ2) is 9.15. The lowest BCUT2D eigenvalue weighted by Crippen LogP contribution is -2.42. The molecule has 1 N–H and O–H groups in total. The van der Waals surface area contributed by atoms with Crippen LogP contribution in [0.3, 0.4) is 0 Å². The number of likely N-dealkylation sites (tertiary alicyclic amines) is 1. The van der Waals surface area contributed by atoms with E-state index in [2.05, 4.69) is 18.7 Å². The average molecular weight is 296 g/mol. The molecule has 0 aromatic heterocycles. The van der Waals surface area contributed by atoms with Crippen LogP contribution in [0.5, 0.6) is 0 Å². The predicted octanol–water partition coefficient (Wildman–Crippen LogP) is 4.61. The van der Waals surface area contributed by atoms with Crippen LogP contribution in [0.15, 0.2) is 0 Å². The molecule has 21 heavy (non-hydrogen) atoms. The van der Waals surface area contributed by atoms with Gasteiger partial charge in [-0.15, -0.1) is 0 Å². The van der Waals surface area contributed by atoms with Crippen LogP contribution in [0.1, 0.15) is 84.5 Å². The first-order valence-electron chi connectivity index (χ1n) is 9.60. The number of rotatable bonds is 2. The summed E-state index contributed by atoms with van der Waals surface area (Å²) in [6, 6.07) is 0.438. The fourth-order valence-electron chi connectivity index (χ4n) is 4.24. The summed E-state index contributed by atoms with van der Waals surface area (Å²) >= 11 is 0. The molecule has 2 nitrogen and oxygen atoms in total.